The summed E-state index contributed by atoms with van der Waals surface area (Å²) in [5, 5.41) is 19.1. The molecule has 1 aromatic rings. The van der Waals surface area contributed by atoms with Crippen molar-refractivity contribution >= 4 is 35.1 Å². The first-order chi connectivity index (χ1) is 9.40. The summed E-state index contributed by atoms with van der Waals surface area (Å²) in [4.78, 5) is 22.1. The Morgan fingerprint density at radius 3 is 2.50 bits per heavy atom. The lowest BCUT2D eigenvalue weighted by Gasteiger charge is -2.12. The summed E-state index contributed by atoms with van der Waals surface area (Å²) in [6.07, 6.45) is 1.32. The van der Waals surface area contributed by atoms with E-state index in [1.54, 1.807) is 18.2 Å². The highest BCUT2D eigenvalue weighted by Crippen LogP contribution is 2.46. The lowest BCUT2D eigenvalue weighted by Crippen LogP contribution is -2.19. The van der Waals surface area contributed by atoms with Crippen LogP contribution < -0.4 is 0 Å². The van der Waals surface area contributed by atoms with Gasteiger partial charge in [-0.15, -0.1) is 0 Å². The van der Waals surface area contributed by atoms with Gasteiger partial charge in [0.15, 0.2) is 0 Å². The number of aryl methyl sites for hydroxylation is 1. The lowest BCUT2D eigenvalue weighted by atomic mass is 9.94. The van der Waals surface area contributed by atoms with Gasteiger partial charge in [-0.05, 0) is 42.9 Å². The average Bonchev–Trinajstić information content (AvgIpc) is 3.11. The molecule has 0 saturated heterocycles. The zero-order chi connectivity index (χ0) is 14.9. The van der Waals surface area contributed by atoms with Gasteiger partial charge in [0.2, 0.25) is 0 Å². The molecule has 3 unspecified atom stereocenters. The third kappa shape index (κ3) is 3.44. The number of rotatable bonds is 6. The summed E-state index contributed by atoms with van der Waals surface area (Å²) in [7, 11) is 0. The van der Waals surface area contributed by atoms with Crippen molar-refractivity contribution in [3.05, 3.63) is 33.8 Å². The standard InChI is InChI=1S/C14H14Cl2O4/c15-8-3-1-7(12(16)5-8)2-4-9(13(17)18)10-6-11(10)14(19)20/h1,3,5,9-11H,2,4,6H2,(H,17,18)(H,19,20). The van der Waals surface area contributed by atoms with Gasteiger partial charge in [0, 0.05) is 10.0 Å². The van der Waals surface area contributed by atoms with Gasteiger partial charge in [-0.3, -0.25) is 9.59 Å². The van der Waals surface area contributed by atoms with E-state index < -0.39 is 23.8 Å². The predicted octanol–water partition coefficient (Wildman–Crippen LogP) is 3.35. The van der Waals surface area contributed by atoms with Crippen molar-refractivity contribution < 1.29 is 19.8 Å². The Morgan fingerprint density at radius 2 is 2.00 bits per heavy atom. The van der Waals surface area contributed by atoms with Gasteiger partial charge in [-0.2, -0.15) is 0 Å². The molecule has 0 amide bonds. The fourth-order valence-corrected chi connectivity index (χ4v) is 3.00. The summed E-state index contributed by atoms with van der Waals surface area (Å²) in [5.41, 5.74) is 0.829. The van der Waals surface area contributed by atoms with Crippen molar-refractivity contribution in [1.29, 1.82) is 0 Å². The molecule has 1 aliphatic rings. The van der Waals surface area contributed by atoms with Gasteiger partial charge in [-0.25, -0.2) is 0 Å². The highest BCUT2D eigenvalue weighted by atomic mass is 35.5. The topological polar surface area (TPSA) is 74.6 Å². The summed E-state index contributed by atoms with van der Waals surface area (Å²) in [5.74, 6) is -3.27. The zero-order valence-electron chi connectivity index (χ0n) is 10.6. The van der Waals surface area contributed by atoms with Crippen LogP contribution in [0.15, 0.2) is 18.2 Å². The summed E-state index contributed by atoms with van der Waals surface area (Å²) >= 11 is 11.8. The van der Waals surface area contributed by atoms with Crippen molar-refractivity contribution in [3.63, 3.8) is 0 Å². The Kier molecular flexibility index (Phi) is 4.55. The van der Waals surface area contributed by atoms with E-state index in [-0.39, 0.29) is 5.92 Å². The second-order valence-corrected chi connectivity index (χ2v) is 5.91. The Balaban J connectivity index is 2.00. The molecule has 3 atom stereocenters. The van der Waals surface area contributed by atoms with Crippen molar-refractivity contribution in [2.24, 2.45) is 17.8 Å². The van der Waals surface area contributed by atoms with Crippen molar-refractivity contribution in [3.8, 4) is 0 Å². The van der Waals surface area contributed by atoms with Crippen LogP contribution in [0.1, 0.15) is 18.4 Å². The molecule has 0 heterocycles. The van der Waals surface area contributed by atoms with Crippen LogP contribution >= 0.6 is 23.2 Å². The maximum atomic E-state index is 11.3. The quantitative estimate of drug-likeness (QED) is 0.844. The monoisotopic (exact) mass is 316 g/mol. The molecule has 1 aromatic carbocycles. The molecule has 0 bridgehead atoms. The van der Waals surface area contributed by atoms with Crippen LogP contribution in [0.4, 0.5) is 0 Å². The van der Waals surface area contributed by atoms with E-state index in [0.29, 0.717) is 29.3 Å². The first kappa shape index (κ1) is 15.1. The van der Waals surface area contributed by atoms with Crippen LogP contribution in [0.2, 0.25) is 10.0 Å². The molecule has 4 nitrogen and oxygen atoms in total. The lowest BCUT2D eigenvalue weighted by molar-refractivity contribution is -0.143. The molecule has 1 saturated carbocycles. The smallest absolute Gasteiger partial charge is 0.306 e. The van der Waals surface area contributed by atoms with E-state index >= 15 is 0 Å². The van der Waals surface area contributed by atoms with Crippen LogP contribution in [-0.2, 0) is 16.0 Å². The van der Waals surface area contributed by atoms with Gasteiger partial charge in [0.05, 0.1) is 11.8 Å². The maximum Gasteiger partial charge on any atom is 0.306 e. The number of halogens is 2. The first-order valence-electron chi connectivity index (χ1n) is 6.29. The zero-order valence-corrected chi connectivity index (χ0v) is 12.1. The number of aliphatic carboxylic acids is 2. The van der Waals surface area contributed by atoms with E-state index in [2.05, 4.69) is 0 Å². The minimum absolute atomic E-state index is 0.268. The second-order valence-electron chi connectivity index (χ2n) is 5.06. The van der Waals surface area contributed by atoms with Gasteiger partial charge in [0.1, 0.15) is 0 Å². The third-order valence-corrected chi connectivity index (χ3v) is 4.32. The summed E-state index contributed by atoms with van der Waals surface area (Å²) in [6.45, 7) is 0. The molecule has 2 N–H and O–H groups in total. The summed E-state index contributed by atoms with van der Waals surface area (Å²) < 4.78 is 0. The molecule has 0 aromatic heterocycles. The van der Waals surface area contributed by atoms with E-state index in [0.717, 1.165) is 5.56 Å². The van der Waals surface area contributed by atoms with Crippen LogP contribution in [0.3, 0.4) is 0 Å². The Morgan fingerprint density at radius 1 is 1.30 bits per heavy atom. The van der Waals surface area contributed by atoms with Gasteiger partial charge in [-0.1, -0.05) is 29.3 Å². The molecule has 0 radical (unpaired) electrons. The molecule has 20 heavy (non-hydrogen) atoms. The second kappa shape index (κ2) is 6.02. The number of carboxylic acids is 2. The fourth-order valence-electron chi connectivity index (χ4n) is 2.50. The number of carboxylic acid groups (broad SMARTS) is 2. The van der Waals surface area contributed by atoms with Crippen molar-refractivity contribution in [1.82, 2.24) is 0 Å². The predicted molar refractivity (Wildman–Crippen MR) is 75.1 cm³/mol. The van der Waals surface area contributed by atoms with Crippen molar-refractivity contribution in [2.45, 2.75) is 19.3 Å². The van der Waals surface area contributed by atoms with Gasteiger partial charge in [0.25, 0.3) is 0 Å². The average molecular weight is 317 g/mol. The highest BCUT2D eigenvalue weighted by molar-refractivity contribution is 6.35. The van der Waals surface area contributed by atoms with E-state index in [1.165, 1.54) is 0 Å². The first-order valence-corrected chi connectivity index (χ1v) is 7.05. The van der Waals surface area contributed by atoms with E-state index in [9.17, 15) is 14.7 Å². The van der Waals surface area contributed by atoms with Crippen LogP contribution in [-0.4, -0.2) is 22.2 Å². The molecule has 108 valence electrons. The minimum atomic E-state index is -0.941. The highest BCUT2D eigenvalue weighted by Gasteiger charge is 2.50. The molecule has 0 aliphatic heterocycles. The van der Waals surface area contributed by atoms with E-state index in [4.69, 9.17) is 28.3 Å². The van der Waals surface area contributed by atoms with Crippen molar-refractivity contribution in [2.75, 3.05) is 0 Å². The van der Waals surface area contributed by atoms with E-state index in [1.807, 2.05) is 0 Å². The molecular formula is C14H14Cl2O4. The number of carbonyl (C=O) groups is 2. The Hall–Kier alpha value is -1.26. The largest absolute Gasteiger partial charge is 0.481 e. The molecule has 1 aliphatic carbocycles. The molecule has 6 heteroatoms. The van der Waals surface area contributed by atoms with Gasteiger partial charge >= 0.3 is 11.9 Å². The van der Waals surface area contributed by atoms with Crippen LogP contribution in [0, 0.1) is 17.8 Å². The number of hydrogen-bond acceptors (Lipinski definition) is 2. The molecule has 1 fully saturated rings. The third-order valence-electron chi connectivity index (χ3n) is 3.73. The minimum Gasteiger partial charge on any atom is -0.481 e. The maximum absolute atomic E-state index is 11.3. The van der Waals surface area contributed by atoms with Crippen LogP contribution in [0.25, 0.3) is 0 Å². The number of benzene rings is 1. The van der Waals surface area contributed by atoms with Crippen LogP contribution in [0.5, 0.6) is 0 Å². The summed E-state index contributed by atoms with van der Waals surface area (Å²) in [6, 6.07) is 5.09. The van der Waals surface area contributed by atoms with Gasteiger partial charge < -0.3 is 10.2 Å². The fraction of sp³-hybridized carbons (Fsp3) is 0.429. The Labute approximate surface area is 126 Å². The normalized spacial score (nSPS) is 22.3. The number of hydrogen-bond donors (Lipinski definition) is 2. The Bertz CT molecular complexity index is 544. The molecule has 2 rings (SSSR count). The molecular weight excluding hydrogens is 303 g/mol. The SMILES string of the molecule is O=C(O)C(CCc1ccc(Cl)cc1Cl)C1CC1C(=O)O. The molecule has 0 spiro atoms.